The van der Waals surface area contributed by atoms with E-state index in [-0.39, 0.29) is 6.61 Å². The summed E-state index contributed by atoms with van der Waals surface area (Å²) in [7, 11) is 0. The highest BCUT2D eigenvalue weighted by Gasteiger charge is 2.01. The summed E-state index contributed by atoms with van der Waals surface area (Å²) in [5.41, 5.74) is 3.16. The van der Waals surface area contributed by atoms with Crippen LogP contribution in [0.2, 0.25) is 0 Å². The van der Waals surface area contributed by atoms with E-state index in [1.165, 1.54) is 0 Å². The fraction of sp³-hybridized carbons (Fsp3) is 0.267. The lowest BCUT2D eigenvalue weighted by Gasteiger charge is -2.04. The molecule has 2 aromatic rings. The Balaban J connectivity index is 2.20. The third kappa shape index (κ3) is 3.22. The second-order valence-electron chi connectivity index (χ2n) is 4.09. The highest BCUT2D eigenvalue weighted by atomic mass is 16.2. The molecule has 1 heterocycles. The number of aliphatic hydroxyl groups is 1. The van der Waals surface area contributed by atoms with Crippen molar-refractivity contribution in [3.63, 3.8) is 0 Å². The number of benzene rings is 1. The Bertz CT molecular complexity index is 575. The van der Waals surface area contributed by atoms with Crippen LogP contribution in [0.3, 0.4) is 0 Å². The summed E-state index contributed by atoms with van der Waals surface area (Å²) in [4.78, 5) is 0. The maximum atomic E-state index is 8.73. The second kappa shape index (κ2) is 6.04. The van der Waals surface area contributed by atoms with Crippen LogP contribution in [0.5, 0.6) is 0 Å². The number of nitrogens with zero attached hydrogens (tertiary/aromatic N) is 2. The smallest absolute Gasteiger partial charge is 0.0671 e. The first kappa shape index (κ1) is 12.4. The van der Waals surface area contributed by atoms with Crippen molar-refractivity contribution >= 4 is 0 Å². The molecule has 0 spiro atoms. The highest BCUT2D eigenvalue weighted by Crippen LogP contribution is 2.09. The van der Waals surface area contributed by atoms with Crippen molar-refractivity contribution in [2.45, 2.75) is 19.9 Å². The molecule has 0 bridgehead atoms. The number of aromatic nitrogens is 2. The summed E-state index contributed by atoms with van der Waals surface area (Å²) in [5.74, 6) is 6.04. The molecule has 1 aromatic carbocycles. The van der Waals surface area contributed by atoms with E-state index in [4.69, 9.17) is 5.11 Å². The minimum Gasteiger partial charge on any atom is -0.395 e. The fourth-order valence-electron chi connectivity index (χ4n) is 1.72. The molecule has 0 unspecified atom stereocenters. The Morgan fingerprint density at radius 1 is 1.28 bits per heavy atom. The summed E-state index contributed by atoms with van der Waals surface area (Å²) in [6.45, 7) is 2.80. The number of hydrogen-bond acceptors (Lipinski definition) is 2. The molecule has 18 heavy (non-hydrogen) atoms. The zero-order valence-electron chi connectivity index (χ0n) is 10.4. The van der Waals surface area contributed by atoms with Crippen molar-refractivity contribution in [2.24, 2.45) is 0 Å². The summed E-state index contributed by atoms with van der Waals surface area (Å²) >= 11 is 0. The number of hydrogen-bond donors (Lipinski definition) is 1. The van der Waals surface area contributed by atoms with E-state index in [9.17, 15) is 0 Å². The number of aliphatic hydroxyl groups excluding tert-OH is 1. The van der Waals surface area contributed by atoms with Crippen LogP contribution in [0.1, 0.15) is 23.2 Å². The van der Waals surface area contributed by atoms with Crippen LogP contribution in [-0.4, -0.2) is 21.5 Å². The van der Waals surface area contributed by atoms with Crippen LogP contribution in [0, 0.1) is 18.8 Å². The predicted molar refractivity (Wildman–Crippen MR) is 71.1 cm³/mol. The van der Waals surface area contributed by atoms with Gasteiger partial charge in [-0.1, -0.05) is 30.0 Å². The van der Waals surface area contributed by atoms with Gasteiger partial charge in [-0.15, -0.1) is 0 Å². The quantitative estimate of drug-likeness (QED) is 0.833. The summed E-state index contributed by atoms with van der Waals surface area (Å²) in [6, 6.07) is 10.0. The van der Waals surface area contributed by atoms with Gasteiger partial charge in [0.25, 0.3) is 0 Å². The van der Waals surface area contributed by atoms with Gasteiger partial charge in [0.05, 0.1) is 18.8 Å². The first-order chi connectivity index (χ1) is 8.79. The van der Waals surface area contributed by atoms with Crippen molar-refractivity contribution in [3.05, 3.63) is 53.3 Å². The molecule has 0 aliphatic rings. The minimum absolute atomic E-state index is 0.105. The van der Waals surface area contributed by atoms with E-state index < -0.39 is 0 Å². The van der Waals surface area contributed by atoms with Gasteiger partial charge in [0.15, 0.2) is 0 Å². The largest absolute Gasteiger partial charge is 0.395 e. The van der Waals surface area contributed by atoms with Crippen molar-refractivity contribution in [1.82, 2.24) is 9.78 Å². The van der Waals surface area contributed by atoms with Gasteiger partial charge in [0.1, 0.15) is 0 Å². The van der Waals surface area contributed by atoms with Gasteiger partial charge in [-0.2, -0.15) is 5.10 Å². The Kier molecular flexibility index (Phi) is 4.16. The molecule has 2 rings (SSSR count). The third-order valence-electron chi connectivity index (χ3n) is 2.58. The van der Waals surface area contributed by atoms with Crippen LogP contribution < -0.4 is 0 Å². The van der Waals surface area contributed by atoms with Crippen LogP contribution in [0.25, 0.3) is 0 Å². The second-order valence-corrected chi connectivity index (χ2v) is 4.09. The lowest BCUT2D eigenvalue weighted by Crippen LogP contribution is -2.02. The molecule has 0 amide bonds. The van der Waals surface area contributed by atoms with Crippen molar-refractivity contribution in [3.8, 4) is 11.8 Å². The van der Waals surface area contributed by atoms with Gasteiger partial charge in [0.2, 0.25) is 0 Å². The van der Waals surface area contributed by atoms with E-state index in [1.807, 2.05) is 42.1 Å². The Hall–Kier alpha value is -2.05. The van der Waals surface area contributed by atoms with Gasteiger partial charge in [0, 0.05) is 18.2 Å². The summed E-state index contributed by atoms with van der Waals surface area (Å²) in [6.07, 6.45) is 2.47. The summed E-state index contributed by atoms with van der Waals surface area (Å²) < 4.78 is 1.90. The van der Waals surface area contributed by atoms with Gasteiger partial charge in [-0.3, -0.25) is 4.68 Å². The molecule has 1 N–H and O–H groups in total. The van der Waals surface area contributed by atoms with E-state index in [0.717, 1.165) is 23.4 Å². The first-order valence-corrected chi connectivity index (χ1v) is 5.97. The Morgan fingerprint density at radius 2 is 2.11 bits per heavy atom. The zero-order valence-corrected chi connectivity index (χ0v) is 10.4. The van der Waals surface area contributed by atoms with Crippen molar-refractivity contribution in [1.29, 1.82) is 0 Å². The summed E-state index contributed by atoms with van der Waals surface area (Å²) in [5, 5.41) is 13.1. The monoisotopic (exact) mass is 240 g/mol. The minimum atomic E-state index is 0.105. The molecule has 0 saturated heterocycles. The normalized spacial score (nSPS) is 9.89. The van der Waals surface area contributed by atoms with E-state index in [2.05, 4.69) is 23.0 Å². The lowest BCUT2D eigenvalue weighted by molar-refractivity contribution is 0.305. The van der Waals surface area contributed by atoms with Crippen LogP contribution in [-0.2, 0) is 6.54 Å². The van der Waals surface area contributed by atoms with Gasteiger partial charge in [-0.25, -0.2) is 0 Å². The molecule has 0 fully saturated rings. The maximum Gasteiger partial charge on any atom is 0.0671 e. The Labute approximate surface area is 107 Å². The average Bonchev–Trinajstić information content (AvgIpc) is 2.77. The molecule has 0 aliphatic carbocycles. The SMILES string of the molecule is Cc1ccn(Cc2ccccc2C#CCCO)n1. The van der Waals surface area contributed by atoms with Gasteiger partial charge >= 0.3 is 0 Å². The average molecular weight is 240 g/mol. The molecular formula is C15H16N2O. The van der Waals surface area contributed by atoms with Crippen molar-refractivity contribution in [2.75, 3.05) is 6.61 Å². The third-order valence-corrected chi connectivity index (χ3v) is 2.58. The molecule has 0 aliphatic heterocycles. The van der Waals surface area contributed by atoms with E-state index in [0.29, 0.717) is 6.42 Å². The highest BCUT2D eigenvalue weighted by molar-refractivity contribution is 5.41. The fourth-order valence-corrected chi connectivity index (χ4v) is 1.72. The molecule has 3 nitrogen and oxygen atoms in total. The van der Waals surface area contributed by atoms with Crippen LogP contribution in [0.4, 0.5) is 0 Å². The lowest BCUT2D eigenvalue weighted by atomic mass is 10.1. The number of aryl methyl sites for hydroxylation is 1. The molecule has 0 atom stereocenters. The maximum absolute atomic E-state index is 8.73. The Morgan fingerprint density at radius 3 is 2.83 bits per heavy atom. The molecular weight excluding hydrogens is 224 g/mol. The first-order valence-electron chi connectivity index (χ1n) is 5.97. The topological polar surface area (TPSA) is 38.0 Å². The van der Waals surface area contributed by atoms with Gasteiger partial charge in [-0.05, 0) is 24.6 Å². The zero-order chi connectivity index (χ0) is 12.8. The molecule has 0 radical (unpaired) electrons. The molecule has 3 heteroatoms. The number of rotatable bonds is 3. The standard InChI is InChI=1S/C15H16N2O/c1-13-9-10-17(16-13)12-15-8-3-2-6-14(15)7-4-5-11-18/h2-3,6,8-10,18H,5,11-12H2,1H3. The van der Waals surface area contributed by atoms with E-state index >= 15 is 0 Å². The predicted octanol–water partition coefficient (Wildman–Crippen LogP) is 1.97. The van der Waals surface area contributed by atoms with Crippen LogP contribution >= 0.6 is 0 Å². The van der Waals surface area contributed by atoms with Crippen LogP contribution in [0.15, 0.2) is 36.5 Å². The molecule has 1 aromatic heterocycles. The van der Waals surface area contributed by atoms with Gasteiger partial charge < -0.3 is 5.11 Å². The molecule has 0 saturated carbocycles. The molecule has 92 valence electrons. The van der Waals surface area contributed by atoms with Crippen molar-refractivity contribution < 1.29 is 5.11 Å². The van der Waals surface area contributed by atoms with E-state index in [1.54, 1.807) is 0 Å².